The maximum absolute atomic E-state index is 10.9. The minimum absolute atomic E-state index is 0.0226. The number of carbonyl (C=O) groups is 1. The maximum Gasteiger partial charge on any atom is 0.235 e. The van der Waals surface area contributed by atoms with Crippen molar-refractivity contribution >= 4 is 29.3 Å². The van der Waals surface area contributed by atoms with E-state index >= 15 is 0 Å². The van der Waals surface area contributed by atoms with E-state index in [9.17, 15) is 4.79 Å². The second-order valence-electron chi connectivity index (χ2n) is 2.42. The molecule has 2 rings (SSSR count). The smallest absolute Gasteiger partial charge is 0.235 e. The number of amides is 1. The number of hydrogen-bond donors (Lipinski definition) is 2. The van der Waals surface area contributed by atoms with Gasteiger partial charge in [0.1, 0.15) is 11.6 Å². The number of anilines is 2. The van der Waals surface area contributed by atoms with Crippen LogP contribution in [0.25, 0.3) is 0 Å². The molecule has 0 fully saturated rings. The molecule has 0 aliphatic carbocycles. The van der Waals surface area contributed by atoms with Crippen molar-refractivity contribution in [2.24, 2.45) is 0 Å². The summed E-state index contributed by atoms with van der Waals surface area (Å²) in [5.74, 6) is 1.44. The summed E-state index contributed by atoms with van der Waals surface area (Å²) in [7, 11) is 0. The summed E-state index contributed by atoms with van der Waals surface area (Å²) in [6, 6.07) is 3.59. The Morgan fingerprint density at radius 2 is 2.42 bits per heavy atom. The van der Waals surface area contributed by atoms with Gasteiger partial charge in [0.25, 0.3) is 0 Å². The highest BCUT2D eigenvalue weighted by molar-refractivity contribution is 8.00. The van der Waals surface area contributed by atoms with Crippen molar-refractivity contribution in [3.8, 4) is 0 Å². The van der Waals surface area contributed by atoms with E-state index in [0.717, 1.165) is 4.90 Å². The van der Waals surface area contributed by atoms with Gasteiger partial charge in [-0.15, -0.1) is 11.8 Å². The lowest BCUT2D eigenvalue weighted by molar-refractivity contribution is -0.113. The van der Waals surface area contributed by atoms with Crippen molar-refractivity contribution in [2.75, 3.05) is 16.8 Å². The quantitative estimate of drug-likeness (QED) is 0.618. The fraction of sp³-hybridized carbons (Fsp3) is 0.143. The van der Waals surface area contributed by atoms with Gasteiger partial charge in [-0.2, -0.15) is 0 Å². The van der Waals surface area contributed by atoms with Crippen molar-refractivity contribution in [3.05, 3.63) is 12.1 Å². The van der Waals surface area contributed by atoms with E-state index in [1.165, 1.54) is 11.8 Å². The van der Waals surface area contributed by atoms with Gasteiger partial charge in [0.2, 0.25) is 5.91 Å². The fourth-order valence-corrected chi connectivity index (χ4v) is 1.74. The highest BCUT2D eigenvalue weighted by Gasteiger charge is 2.15. The van der Waals surface area contributed by atoms with Crippen molar-refractivity contribution in [2.45, 2.75) is 4.90 Å². The summed E-state index contributed by atoms with van der Waals surface area (Å²) in [5.41, 5.74) is 5.46. The minimum Gasteiger partial charge on any atom is -0.384 e. The van der Waals surface area contributed by atoms with E-state index in [0.29, 0.717) is 17.4 Å². The SMILES string of the molecule is Nc1ccc2c(n1)NC(=O)CS2. The summed E-state index contributed by atoms with van der Waals surface area (Å²) >= 11 is 1.48. The lowest BCUT2D eigenvalue weighted by Crippen LogP contribution is -2.19. The lowest BCUT2D eigenvalue weighted by atomic mass is 10.4. The van der Waals surface area contributed by atoms with Crippen molar-refractivity contribution in [3.63, 3.8) is 0 Å². The van der Waals surface area contributed by atoms with E-state index in [1.54, 1.807) is 6.07 Å². The Morgan fingerprint density at radius 3 is 3.25 bits per heavy atom. The van der Waals surface area contributed by atoms with E-state index < -0.39 is 0 Å². The van der Waals surface area contributed by atoms with E-state index in [2.05, 4.69) is 10.3 Å². The summed E-state index contributed by atoms with van der Waals surface area (Å²) < 4.78 is 0. The van der Waals surface area contributed by atoms with Crippen LogP contribution >= 0.6 is 11.8 Å². The van der Waals surface area contributed by atoms with Gasteiger partial charge in [-0.05, 0) is 12.1 Å². The summed E-state index contributed by atoms with van der Waals surface area (Å²) in [6.07, 6.45) is 0. The molecule has 1 aliphatic rings. The number of rotatable bonds is 0. The Kier molecular flexibility index (Phi) is 1.65. The van der Waals surface area contributed by atoms with Crippen LogP contribution < -0.4 is 11.1 Å². The topological polar surface area (TPSA) is 68.0 Å². The largest absolute Gasteiger partial charge is 0.384 e. The lowest BCUT2D eigenvalue weighted by Gasteiger charge is -2.14. The predicted molar refractivity (Wildman–Crippen MR) is 48.0 cm³/mol. The third kappa shape index (κ3) is 1.23. The van der Waals surface area contributed by atoms with Gasteiger partial charge >= 0.3 is 0 Å². The Balaban J connectivity index is 2.44. The summed E-state index contributed by atoms with van der Waals surface area (Å²) in [5, 5.41) is 2.65. The molecule has 1 aliphatic heterocycles. The molecule has 1 amide bonds. The standard InChI is InChI=1S/C7H7N3OS/c8-5-2-1-4-7(9-5)10-6(11)3-12-4/h1-2H,3H2,(H3,8,9,10,11). The molecule has 3 N–H and O–H groups in total. The van der Waals surface area contributed by atoms with Gasteiger partial charge in [0, 0.05) is 0 Å². The number of carbonyl (C=O) groups excluding carboxylic acids is 1. The number of nitrogen functional groups attached to an aromatic ring is 1. The van der Waals surface area contributed by atoms with E-state index in [-0.39, 0.29) is 5.91 Å². The third-order valence-electron chi connectivity index (χ3n) is 1.50. The Morgan fingerprint density at radius 1 is 1.58 bits per heavy atom. The normalized spacial score (nSPS) is 15.2. The van der Waals surface area contributed by atoms with Crippen LogP contribution in [0, 0.1) is 0 Å². The minimum atomic E-state index is -0.0226. The molecule has 2 heterocycles. The van der Waals surface area contributed by atoms with Crippen molar-refractivity contribution < 1.29 is 4.79 Å². The average molecular weight is 181 g/mol. The molecular formula is C7H7N3OS. The summed E-state index contributed by atoms with van der Waals surface area (Å²) in [6.45, 7) is 0. The number of aromatic nitrogens is 1. The van der Waals surface area contributed by atoms with Crippen molar-refractivity contribution in [1.82, 2.24) is 4.98 Å². The molecule has 62 valence electrons. The highest BCUT2D eigenvalue weighted by Crippen LogP contribution is 2.29. The van der Waals surface area contributed by atoms with Crippen LogP contribution in [0.15, 0.2) is 17.0 Å². The van der Waals surface area contributed by atoms with Gasteiger partial charge < -0.3 is 11.1 Å². The molecule has 0 saturated heterocycles. The fourth-order valence-electron chi connectivity index (χ4n) is 0.979. The first-order valence-corrected chi connectivity index (χ1v) is 4.43. The molecule has 5 heteroatoms. The second-order valence-corrected chi connectivity index (χ2v) is 3.44. The molecule has 0 unspecified atom stereocenters. The second kappa shape index (κ2) is 2.67. The zero-order chi connectivity index (χ0) is 8.55. The van der Waals surface area contributed by atoms with E-state index in [1.807, 2.05) is 6.07 Å². The number of hydrogen-bond acceptors (Lipinski definition) is 4. The highest BCUT2D eigenvalue weighted by atomic mass is 32.2. The molecule has 1 aromatic heterocycles. The van der Waals surface area contributed by atoms with Crippen LogP contribution in [0.3, 0.4) is 0 Å². The Bertz CT molecular complexity index is 339. The van der Waals surface area contributed by atoms with Gasteiger partial charge in [0.15, 0.2) is 0 Å². The molecule has 12 heavy (non-hydrogen) atoms. The zero-order valence-electron chi connectivity index (χ0n) is 6.20. The molecule has 0 radical (unpaired) electrons. The number of nitrogens with two attached hydrogens (primary N) is 1. The molecular weight excluding hydrogens is 174 g/mol. The first-order chi connectivity index (χ1) is 5.75. The van der Waals surface area contributed by atoms with Gasteiger partial charge in [0.05, 0.1) is 10.6 Å². The van der Waals surface area contributed by atoms with Gasteiger partial charge in [-0.25, -0.2) is 4.98 Å². The monoisotopic (exact) mass is 181 g/mol. The van der Waals surface area contributed by atoms with Gasteiger partial charge in [-0.1, -0.05) is 0 Å². The van der Waals surface area contributed by atoms with Crippen LogP contribution in [0.4, 0.5) is 11.6 Å². The average Bonchev–Trinajstić information content (AvgIpc) is 2.03. The van der Waals surface area contributed by atoms with Crippen LogP contribution in [-0.4, -0.2) is 16.6 Å². The maximum atomic E-state index is 10.9. The van der Waals surface area contributed by atoms with Crippen LogP contribution in [0.1, 0.15) is 0 Å². The number of fused-ring (bicyclic) bond motifs is 1. The molecule has 4 nitrogen and oxygen atoms in total. The molecule has 0 aromatic carbocycles. The van der Waals surface area contributed by atoms with Gasteiger partial charge in [-0.3, -0.25) is 4.79 Å². The molecule has 0 bridgehead atoms. The number of nitrogens with one attached hydrogen (secondary N) is 1. The number of thioether (sulfide) groups is 1. The van der Waals surface area contributed by atoms with Crippen LogP contribution in [0.2, 0.25) is 0 Å². The Labute approximate surface area is 73.5 Å². The van der Waals surface area contributed by atoms with Crippen molar-refractivity contribution in [1.29, 1.82) is 0 Å². The number of nitrogens with zero attached hydrogens (tertiary/aromatic N) is 1. The Hall–Kier alpha value is -1.23. The molecule has 0 atom stereocenters. The number of pyridine rings is 1. The zero-order valence-corrected chi connectivity index (χ0v) is 7.02. The van der Waals surface area contributed by atoms with Crippen LogP contribution in [-0.2, 0) is 4.79 Å². The first-order valence-electron chi connectivity index (χ1n) is 3.45. The first kappa shape index (κ1) is 7.42. The third-order valence-corrected chi connectivity index (χ3v) is 2.54. The predicted octanol–water partition coefficient (Wildman–Crippen LogP) is 0.708. The van der Waals surface area contributed by atoms with E-state index in [4.69, 9.17) is 5.73 Å². The molecule has 0 spiro atoms. The molecule has 1 aromatic rings. The summed E-state index contributed by atoms with van der Waals surface area (Å²) in [4.78, 5) is 15.9. The molecule has 0 saturated carbocycles. The van der Waals surface area contributed by atoms with Crippen LogP contribution in [0.5, 0.6) is 0 Å².